The number of rotatable bonds is 3. The van der Waals surface area contributed by atoms with E-state index in [4.69, 9.17) is 11.6 Å². The maximum absolute atomic E-state index is 13.3. The highest BCUT2D eigenvalue weighted by molar-refractivity contribution is 6.35. The van der Waals surface area contributed by atoms with Crippen molar-refractivity contribution in [1.82, 2.24) is 10.2 Å². The molecule has 7 nitrogen and oxygen atoms in total. The van der Waals surface area contributed by atoms with E-state index in [9.17, 15) is 19.5 Å². The van der Waals surface area contributed by atoms with E-state index in [1.165, 1.54) is 4.90 Å². The van der Waals surface area contributed by atoms with Crippen molar-refractivity contribution in [3.63, 3.8) is 0 Å². The summed E-state index contributed by atoms with van der Waals surface area (Å²) in [6.07, 6.45) is -0.299. The van der Waals surface area contributed by atoms with Gasteiger partial charge in [0, 0.05) is 17.6 Å². The lowest BCUT2D eigenvalue weighted by Gasteiger charge is -2.31. The minimum absolute atomic E-state index is 0.273. The summed E-state index contributed by atoms with van der Waals surface area (Å²) in [4.78, 5) is 40.9. The van der Waals surface area contributed by atoms with Gasteiger partial charge in [-0.05, 0) is 26.3 Å². The van der Waals surface area contributed by atoms with Gasteiger partial charge in [0.15, 0.2) is 0 Å². The average molecular weight is 392 g/mol. The smallest absolute Gasteiger partial charge is 0.250 e. The maximum Gasteiger partial charge on any atom is 0.250 e. The molecule has 1 aromatic carbocycles. The molecule has 144 valence electrons. The number of amides is 3. The fraction of sp³-hybridized carbons (Fsp3) is 0.526. The number of carbonyl (C=O) groups is 3. The number of aliphatic hydroxyl groups is 1. The number of anilines is 1. The number of fused-ring (bicyclic) bond motifs is 4. The predicted molar refractivity (Wildman–Crippen MR) is 99.0 cm³/mol. The highest BCUT2D eigenvalue weighted by Gasteiger charge is 2.71. The molecule has 0 aromatic heterocycles. The molecule has 3 aliphatic rings. The lowest BCUT2D eigenvalue weighted by Crippen LogP contribution is -2.55. The van der Waals surface area contributed by atoms with Crippen molar-refractivity contribution in [2.45, 2.75) is 50.9 Å². The Kier molecular flexibility index (Phi) is 4.10. The van der Waals surface area contributed by atoms with Gasteiger partial charge in [0.25, 0.3) is 0 Å². The summed E-state index contributed by atoms with van der Waals surface area (Å²) in [5, 5.41) is 16.6. The standard InChI is InChI=1S/C19H22ClN3O4/c1-4-8(2)23-16(25)12-13(17(23)26)19(22-14(12)9(3)24)10-6-5-7-11(20)15(10)21-18(19)27/h5-9,12-14,22,24H,4H2,1-3H3,(H,21,27). The average Bonchev–Trinajstić information content (AvgIpc) is 3.21. The van der Waals surface area contributed by atoms with E-state index in [1.54, 1.807) is 25.1 Å². The van der Waals surface area contributed by atoms with Crippen LogP contribution in [-0.4, -0.2) is 45.9 Å². The van der Waals surface area contributed by atoms with Gasteiger partial charge in [-0.2, -0.15) is 0 Å². The van der Waals surface area contributed by atoms with Crippen LogP contribution in [0.25, 0.3) is 0 Å². The molecule has 3 aliphatic heterocycles. The predicted octanol–water partition coefficient (Wildman–Crippen LogP) is 1.24. The van der Waals surface area contributed by atoms with Crippen LogP contribution < -0.4 is 10.6 Å². The fourth-order valence-electron chi connectivity index (χ4n) is 4.78. The number of carbonyl (C=O) groups excluding carboxylic acids is 3. The summed E-state index contributed by atoms with van der Waals surface area (Å²) >= 11 is 6.25. The number of imide groups is 1. The van der Waals surface area contributed by atoms with E-state index in [0.717, 1.165) is 0 Å². The van der Waals surface area contributed by atoms with Gasteiger partial charge in [-0.25, -0.2) is 0 Å². The first-order chi connectivity index (χ1) is 12.8. The van der Waals surface area contributed by atoms with E-state index >= 15 is 0 Å². The van der Waals surface area contributed by atoms with Crippen molar-refractivity contribution in [3.8, 4) is 0 Å². The van der Waals surface area contributed by atoms with Crippen molar-refractivity contribution < 1.29 is 19.5 Å². The van der Waals surface area contributed by atoms with Crippen LogP contribution in [0.15, 0.2) is 18.2 Å². The highest BCUT2D eigenvalue weighted by Crippen LogP contribution is 2.54. The molecule has 6 atom stereocenters. The van der Waals surface area contributed by atoms with Crippen LogP contribution in [0.5, 0.6) is 0 Å². The van der Waals surface area contributed by atoms with E-state index in [1.807, 2.05) is 13.8 Å². The number of nitrogens with one attached hydrogen (secondary N) is 2. The summed E-state index contributed by atoms with van der Waals surface area (Å²) < 4.78 is 0. The molecule has 0 bridgehead atoms. The summed E-state index contributed by atoms with van der Waals surface area (Å²) in [6, 6.07) is 4.12. The van der Waals surface area contributed by atoms with Gasteiger partial charge in [0.1, 0.15) is 5.54 Å². The fourth-order valence-corrected chi connectivity index (χ4v) is 5.00. The summed E-state index contributed by atoms with van der Waals surface area (Å²) in [5.41, 5.74) is -0.421. The first kappa shape index (κ1) is 18.4. The van der Waals surface area contributed by atoms with Gasteiger partial charge in [0.2, 0.25) is 17.7 Å². The number of para-hydroxylation sites is 1. The van der Waals surface area contributed by atoms with Crippen LogP contribution in [0.1, 0.15) is 32.8 Å². The zero-order valence-electron chi connectivity index (χ0n) is 15.3. The van der Waals surface area contributed by atoms with Crippen LogP contribution in [0.2, 0.25) is 5.02 Å². The van der Waals surface area contributed by atoms with Crippen LogP contribution >= 0.6 is 11.6 Å². The minimum atomic E-state index is -1.42. The normalized spacial score (nSPS) is 34.0. The maximum atomic E-state index is 13.3. The van der Waals surface area contributed by atoms with E-state index < -0.39 is 35.4 Å². The lowest BCUT2D eigenvalue weighted by molar-refractivity contribution is -0.145. The topological polar surface area (TPSA) is 98.7 Å². The van der Waals surface area contributed by atoms with Crippen molar-refractivity contribution in [2.24, 2.45) is 11.8 Å². The van der Waals surface area contributed by atoms with Gasteiger partial charge in [-0.3, -0.25) is 24.6 Å². The molecular formula is C19H22ClN3O4. The summed E-state index contributed by atoms with van der Waals surface area (Å²) in [6.45, 7) is 5.27. The number of aliphatic hydroxyl groups excluding tert-OH is 1. The second-order valence-electron chi connectivity index (χ2n) is 7.64. The molecular weight excluding hydrogens is 370 g/mol. The Bertz CT molecular complexity index is 857. The Labute approximate surface area is 162 Å². The molecule has 0 saturated carbocycles. The van der Waals surface area contributed by atoms with Crippen LogP contribution in [0.3, 0.4) is 0 Å². The first-order valence-electron chi connectivity index (χ1n) is 9.18. The summed E-state index contributed by atoms with van der Waals surface area (Å²) in [7, 11) is 0. The number of hydrogen-bond acceptors (Lipinski definition) is 5. The molecule has 3 heterocycles. The number of likely N-dealkylation sites (tertiary alicyclic amines) is 1. The van der Waals surface area contributed by atoms with Crippen molar-refractivity contribution in [1.29, 1.82) is 0 Å². The third-order valence-electron chi connectivity index (χ3n) is 6.22. The Morgan fingerprint density at radius 3 is 2.59 bits per heavy atom. The molecule has 3 N–H and O–H groups in total. The molecule has 0 aliphatic carbocycles. The lowest BCUT2D eigenvalue weighted by atomic mass is 9.76. The third kappa shape index (κ3) is 2.19. The second-order valence-corrected chi connectivity index (χ2v) is 8.05. The molecule has 4 rings (SSSR count). The molecule has 6 unspecified atom stereocenters. The molecule has 1 aromatic rings. The molecule has 1 spiro atoms. The number of halogens is 1. The van der Waals surface area contributed by atoms with Gasteiger partial charge in [-0.1, -0.05) is 30.7 Å². The summed E-state index contributed by atoms with van der Waals surface area (Å²) in [5.74, 6) is -2.85. The molecule has 2 fully saturated rings. The van der Waals surface area contributed by atoms with E-state index in [-0.39, 0.29) is 17.9 Å². The third-order valence-corrected chi connectivity index (χ3v) is 6.53. The highest BCUT2D eigenvalue weighted by atomic mass is 35.5. The van der Waals surface area contributed by atoms with Crippen molar-refractivity contribution in [2.75, 3.05) is 5.32 Å². The van der Waals surface area contributed by atoms with Crippen LogP contribution in [-0.2, 0) is 19.9 Å². The zero-order valence-corrected chi connectivity index (χ0v) is 16.1. The van der Waals surface area contributed by atoms with E-state index in [0.29, 0.717) is 22.7 Å². The Morgan fingerprint density at radius 1 is 1.26 bits per heavy atom. The quantitative estimate of drug-likeness (QED) is 0.673. The van der Waals surface area contributed by atoms with Crippen LogP contribution in [0.4, 0.5) is 5.69 Å². The largest absolute Gasteiger partial charge is 0.392 e. The monoisotopic (exact) mass is 391 g/mol. The van der Waals surface area contributed by atoms with Gasteiger partial charge in [0.05, 0.1) is 28.6 Å². The molecule has 8 heteroatoms. The van der Waals surface area contributed by atoms with Gasteiger partial charge >= 0.3 is 0 Å². The van der Waals surface area contributed by atoms with Crippen molar-refractivity contribution in [3.05, 3.63) is 28.8 Å². The van der Waals surface area contributed by atoms with Gasteiger partial charge in [-0.15, -0.1) is 0 Å². The molecule has 0 radical (unpaired) electrons. The molecule has 2 saturated heterocycles. The zero-order chi connectivity index (χ0) is 19.7. The molecule has 3 amide bonds. The SMILES string of the molecule is CCC(C)N1C(=O)C2C(C(C)O)NC3(C(=O)Nc4c(Cl)cccc43)C2C1=O. The molecule has 27 heavy (non-hydrogen) atoms. The van der Waals surface area contributed by atoms with E-state index in [2.05, 4.69) is 10.6 Å². The van der Waals surface area contributed by atoms with Gasteiger partial charge < -0.3 is 10.4 Å². The number of nitrogens with zero attached hydrogens (tertiary/aromatic N) is 1. The number of hydrogen-bond donors (Lipinski definition) is 3. The number of benzene rings is 1. The Hall–Kier alpha value is -1.96. The first-order valence-corrected chi connectivity index (χ1v) is 9.56. The Balaban J connectivity index is 1.92. The minimum Gasteiger partial charge on any atom is -0.392 e. The second kappa shape index (κ2) is 6.02. The van der Waals surface area contributed by atoms with Crippen molar-refractivity contribution >= 4 is 35.0 Å². The Morgan fingerprint density at radius 2 is 1.96 bits per heavy atom. The van der Waals surface area contributed by atoms with Crippen LogP contribution in [0, 0.1) is 11.8 Å².